The standard InChI is InChI=1S/C23H32N2O2S/c1-19(24-13-15-25(16-14-24)22-9-3-2-4-10-22)18-28(26,27)23-12-11-20-7-5-6-8-21(20)17-23/h5-8,11-12,17,19,22H,2-4,9-10,13-16,18H2,1H3. The molecule has 1 atom stereocenters. The molecule has 1 saturated heterocycles. The van der Waals surface area contributed by atoms with Crippen LogP contribution < -0.4 is 0 Å². The Morgan fingerprint density at radius 2 is 1.61 bits per heavy atom. The van der Waals surface area contributed by atoms with Crippen LogP contribution in [0.1, 0.15) is 39.0 Å². The third-order valence-electron chi connectivity index (χ3n) is 6.60. The highest BCUT2D eigenvalue weighted by molar-refractivity contribution is 7.91. The van der Waals surface area contributed by atoms with E-state index in [1.54, 1.807) is 6.07 Å². The van der Waals surface area contributed by atoms with Crippen molar-refractivity contribution in [2.24, 2.45) is 0 Å². The van der Waals surface area contributed by atoms with Crippen LogP contribution in [0.5, 0.6) is 0 Å². The van der Waals surface area contributed by atoms with Crippen molar-refractivity contribution in [1.82, 2.24) is 9.80 Å². The number of rotatable bonds is 5. The molecule has 2 fully saturated rings. The van der Waals surface area contributed by atoms with Crippen molar-refractivity contribution in [1.29, 1.82) is 0 Å². The summed E-state index contributed by atoms with van der Waals surface area (Å²) >= 11 is 0. The minimum atomic E-state index is -3.29. The van der Waals surface area contributed by atoms with Crippen LogP contribution in [0, 0.1) is 0 Å². The van der Waals surface area contributed by atoms with E-state index in [-0.39, 0.29) is 11.8 Å². The Morgan fingerprint density at radius 1 is 0.929 bits per heavy atom. The molecule has 2 aromatic carbocycles. The normalized spacial score (nSPS) is 21.8. The third-order valence-corrected chi connectivity index (χ3v) is 8.50. The monoisotopic (exact) mass is 400 g/mol. The summed E-state index contributed by atoms with van der Waals surface area (Å²) in [6.07, 6.45) is 6.80. The first-order valence-electron chi connectivity index (χ1n) is 10.7. The van der Waals surface area contributed by atoms with Gasteiger partial charge in [0.05, 0.1) is 10.6 Å². The number of fused-ring (bicyclic) bond motifs is 1. The molecule has 0 spiro atoms. The number of sulfone groups is 1. The van der Waals surface area contributed by atoms with Gasteiger partial charge in [0.2, 0.25) is 0 Å². The van der Waals surface area contributed by atoms with Crippen molar-refractivity contribution in [2.45, 2.75) is 56.0 Å². The van der Waals surface area contributed by atoms with Crippen molar-refractivity contribution in [3.05, 3.63) is 42.5 Å². The van der Waals surface area contributed by atoms with Crippen molar-refractivity contribution >= 4 is 20.6 Å². The van der Waals surface area contributed by atoms with Crippen LogP contribution >= 0.6 is 0 Å². The molecule has 152 valence electrons. The minimum Gasteiger partial charge on any atom is -0.298 e. The molecular weight excluding hydrogens is 368 g/mol. The van der Waals surface area contributed by atoms with Crippen molar-refractivity contribution in [3.8, 4) is 0 Å². The van der Waals surface area contributed by atoms with Gasteiger partial charge in [0.1, 0.15) is 0 Å². The molecule has 0 aromatic heterocycles. The molecule has 0 radical (unpaired) electrons. The maximum absolute atomic E-state index is 13.0. The fraction of sp³-hybridized carbons (Fsp3) is 0.565. The molecule has 1 unspecified atom stereocenters. The van der Waals surface area contributed by atoms with Crippen LogP contribution in [0.25, 0.3) is 10.8 Å². The number of hydrogen-bond donors (Lipinski definition) is 0. The van der Waals surface area contributed by atoms with E-state index in [2.05, 4.69) is 16.7 Å². The van der Waals surface area contributed by atoms with Crippen LogP contribution in [0.4, 0.5) is 0 Å². The second-order valence-electron chi connectivity index (χ2n) is 8.50. The van der Waals surface area contributed by atoms with E-state index in [0.29, 0.717) is 4.90 Å². The molecule has 0 bridgehead atoms. The molecule has 1 saturated carbocycles. The summed E-state index contributed by atoms with van der Waals surface area (Å²) in [6.45, 7) is 6.17. The predicted octanol–water partition coefficient (Wildman–Crippen LogP) is 3.95. The zero-order chi connectivity index (χ0) is 19.6. The maximum atomic E-state index is 13.0. The summed E-state index contributed by atoms with van der Waals surface area (Å²) in [5.41, 5.74) is 0. The van der Waals surface area contributed by atoms with Gasteiger partial charge in [0.15, 0.2) is 9.84 Å². The van der Waals surface area contributed by atoms with Gasteiger partial charge in [-0.15, -0.1) is 0 Å². The van der Waals surface area contributed by atoms with E-state index in [0.717, 1.165) is 43.0 Å². The smallest absolute Gasteiger partial charge is 0.179 e. The van der Waals surface area contributed by atoms with Crippen LogP contribution in [0.3, 0.4) is 0 Å². The second kappa shape index (κ2) is 8.52. The second-order valence-corrected chi connectivity index (χ2v) is 10.5. The Labute approximate surface area is 169 Å². The lowest BCUT2D eigenvalue weighted by Gasteiger charge is -2.42. The first kappa shape index (κ1) is 19.9. The Morgan fingerprint density at radius 3 is 2.32 bits per heavy atom. The van der Waals surface area contributed by atoms with E-state index in [1.807, 2.05) is 36.4 Å². The molecule has 2 aliphatic rings. The average molecular weight is 401 g/mol. The van der Waals surface area contributed by atoms with E-state index in [9.17, 15) is 8.42 Å². The summed E-state index contributed by atoms with van der Waals surface area (Å²) in [5.74, 6) is 0.189. The lowest BCUT2D eigenvalue weighted by atomic mass is 9.94. The number of benzene rings is 2. The van der Waals surface area contributed by atoms with E-state index in [4.69, 9.17) is 0 Å². The predicted molar refractivity (Wildman–Crippen MR) is 115 cm³/mol. The van der Waals surface area contributed by atoms with Crippen LogP contribution in [-0.2, 0) is 9.84 Å². The highest BCUT2D eigenvalue weighted by Gasteiger charge is 2.29. The van der Waals surface area contributed by atoms with Gasteiger partial charge in [-0.3, -0.25) is 9.80 Å². The summed E-state index contributed by atoms with van der Waals surface area (Å²) in [6, 6.07) is 14.2. The van der Waals surface area contributed by atoms with Gasteiger partial charge in [-0.1, -0.05) is 49.6 Å². The van der Waals surface area contributed by atoms with E-state index < -0.39 is 9.84 Å². The van der Waals surface area contributed by atoms with Gasteiger partial charge >= 0.3 is 0 Å². The van der Waals surface area contributed by atoms with Crippen LogP contribution in [0.15, 0.2) is 47.4 Å². The van der Waals surface area contributed by atoms with E-state index >= 15 is 0 Å². The largest absolute Gasteiger partial charge is 0.298 e. The molecule has 2 aromatic rings. The van der Waals surface area contributed by atoms with Crippen LogP contribution in [0.2, 0.25) is 0 Å². The minimum absolute atomic E-state index is 0.0463. The highest BCUT2D eigenvalue weighted by atomic mass is 32.2. The fourth-order valence-electron chi connectivity index (χ4n) is 4.87. The van der Waals surface area contributed by atoms with Gasteiger partial charge in [-0.2, -0.15) is 0 Å². The van der Waals surface area contributed by atoms with Crippen molar-refractivity contribution in [2.75, 3.05) is 31.9 Å². The molecular formula is C23H32N2O2S. The van der Waals surface area contributed by atoms with Gasteiger partial charge < -0.3 is 0 Å². The fourth-order valence-corrected chi connectivity index (χ4v) is 6.49. The molecule has 1 heterocycles. The first-order valence-corrected chi connectivity index (χ1v) is 12.4. The molecule has 0 N–H and O–H groups in total. The third kappa shape index (κ3) is 4.42. The zero-order valence-corrected chi connectivity index (χ0v) is 17.7. The molecule has 4 rings (SSSR count). The quantitative estimate of drug-likeness (QED) is 0.762. The summed E-state index contributed by atoms with van der Waals surface area (Å²) in [4.78, 5) is 5.44. The Balaban J connectivity index is 1.37. The number of piperazine rings is 1. The lowest BCUT2D eigenvalue weighted by Crippen LogP contribution is -2.54. The summed E-state index contributed by atoms with van der Waals surface area (Å²) in [5, 5.41) is 2.06. The highest BCUT2D eigenvalue weighted by Crippen LogP contribution is 2.25. The van der Waals surface area contributed by atoms with Gasteiger partial charge in [0.25, 0.3) is 0 Å². The summed E-state index contributed by atoms with van der Waals surface area (Å²) < 4.78 is 26.0. The Kier molecular flexibility index (Phi) is 6.04. The van der Waals surface area contributed by atoms with Crippen molar-refractivity contribution < 1.29 is 8.42 Å². The molecule has 5 heteroatoms. The lowest BCUT2D eigenvalue weighted by molar-refractivity contribution is 0.0649. The molecule has 4 nitrogen and oxygen atoms in total. The SMILES string of the molecule is CC(CS(=O)(=O)c1ccc2ccccc2c1)N1CCN(C2CCCCC2)CC1. The van der Waals surface area contributed by atoms with Crippen molar-refractivity contribution in [3.63, 3.8) is 0 Å². The zero-order valence-electron chi connectivity index (χ0n) is 16.9. The van der Waals surface area contributed by atoms with Gasteiger partial charge in [-0.25, -0.2) is 8.42 Å². The number of hydrogen-bond acceptors (Lipinski definition) is 4. The average Bonchev–Trinajstić information content (AvgIpc) is 2.74. The molecule has 28 heavy (non-hydrogen) atoms. The maximum Gasteiger partial charge on any atom is 0.179 e. The first-order chi connectivity index (χ1) is 13.5. The number of nitrogens with zero attached hydrogens (tertiary/aromatic N) is 2. The van der Waals surface area contributed by atoms with Gasteiger partial charge in [-0.05, 0) is 42.7 Å². The topological polar surface area (TPSA) is 40.6 Å². The summed E-state index contributed by atoms with van der Waals surface area (Å²) in [7, 11) is -3.29. The Bertz CT molecular complexity index is 898. The molecule has 0 amide bonds. The Hall–Kier alpha value is -1.43. The molecule has 1 aliphatic carbocycles. The van der Waals surface area contributed by atoms with Crippen LogP contribution in [-0.4, -0.2) is 62.2 Å². The molecule has 1 aliphatic heterocycles. The van der Waals surface area contributed by atoms with E-state index in [1.165, 1.54) is 32.1 Å². The van der Waals surface area contributed by atoms with Gasteiger partial charge in [0, 0.05) is 38.3 Å².